The van der Waals surface area contributed by atoms with Crippen LogP contribution in [0.3, 0.4) is 0 Å². The molecule has 0 aromatic carbocycles. The van der Waals surface area contributed by atoms with Gasteiger partial charge in [-0.15, -0.1) is 0 Å². The summed E-state index contributed by atoms with van der Waals surface area (Å²) in [6.45, 7) is 8.76. The molecule has 2 fully saturated rings. The van der Waals surface area contributed by atoms with Crippen LogP contribution in [0.1, 0.15) is 44.5 Å². The van der Waals surface area contributed by atoms with Gasteiger partial charge in [-0.1, -0.05) is 12.0 Å². The summed E-state index contributed by atoms with van der Waals surface area (Å²) < 4.78 is 0. The van der Waals surface area contributed by atoms with Crippen molar-refractivity contribution in [3.05, 3.63) is 41.2 Å². The van der Waals surface area contributed by atoms with Gasteiger partial charge < -0.3 is 9.80 Å². The molecule has 126 valence electrons. The fourth-order valence-corrected chi connectivity index (χ4v) is 3.46. The topological polar surface area (TPSA) is 36.4 Å². The zero-order chi connectivity index (χ0) is 17.2. The second kappa shape index (κ2) is 6.68. The molecule has 1 aromatic rings. The molecule has 2 aliphatic rings. The summed E-state index contributed by atoms with van der Waals surface area (Å²) in [5.74, 6) is 6.23. The second-order valence-corrected chi connectivity index (χ2v) is 7.04. The molecule has 0 atom stereocenters. The summed E-state index contributed by atoms with van der Waals surface area (Å²) in [7, 11) is 0. The smallest absolute Gasteiger partial charge is 0.320 e. The standard InChI is InChI=1S/C20H25N3O/c1-16-8-6-10-18(21-16)11-7-9-17-12-15-23(20(17,2)3)19(24)22-13-4-5-14-22/h6,8-10H,4-5,12-15H2,1-3H3/b17-9+. The molecule has 24 heavy (non-hydrogen) atoms. The monoisotopic (exact) mass is 323 g/mol. The molecule has 0 aliphatic carbocycles. The Hall–Kier alpha value is -2.28. The first-order valence-corrected chi connectivity index (χ1v) is 8.70. The third kappa shape index (κ3) is 3.31. The van der Waals surface area contributed by atoms with Crippen LogP contribution in [0.4, 0.5) is 4.79 Å². The number of nitrogens with zero attached hydrogens (tertiary/aromatic N) is 3. The Labute approximate surface area is 144 Å². The van der Waals surface area contributed by atoms with Gasteiger partial charge in [-0.3, -0.25) is 0 Å². The summed E-state index contributed by atoms with van der Waals surface area (Å²) in [5.41, 5.74) is 2.70. The van der Waals surface area contributed by atoms with Crippen molar-refractivity contribution in [2.24, 2.45) is 0 Å². The number of allylic oxidation sites excluding steroid dienone is 1. The van der Waals surface area contributed by atoms with Crippen molar-refractivity contribution in [3.8, 4) is 11.8 Å². The molecule has 2 saturated heterocycles. The van der Waals surface area contributed by atoms with E-state index >= 15 is 0 Å². The lowest BCUT2D eigenvalue weighted by molar-refractivity contribution is 0.141. The average molecular weight is 323 g/mol. The highest BCUT2D eigenvalue weighted by atomic mass is 16.2. The first-order valence-electron chi connectivity index (χ1n) is 8.70. The fourth-order valence-electron chi connectivity index (χ4n) is 3.46. The maximum absolute atomic E-state index is 12.7. The van der Waals surface area contributed by atoms with E-state index in [4.69, 9.17) is 0 Å². The number of aromatic nitrogens is 1. The minimum atomic E-state index is -0.269. The lowest BCUT2D eigenvalue weighted by Crippen LogP contribution is -2.49. The molecule has 0 spiro atoms. The van der Waals surface area contributed by atoms with Crippen molar-refractivity contribution < 1.29 is 4.79 Å². The van der Waals surface area contributed by atoms with E-state index in [0.717, 1.165) is 50.3 Å². The molecule has 0 saturated carbocycles. The molecule has 0 bridgehead atoms. The predicted molar refractivity (Wildman–Crippen MR) is 95.5 cm³/mol. The maximum atomic E-state index is 12.7. The van der Waals surface area contributed by atoms with Crippen molar-refractivity contribution in [1.29, 1.82) is 0 Å². The quantitative estimate of drug-likeness (QED) is 0.686. The van der Waals surface area contributed by atoms with Crippen LogP contribution in [0, 0.1) is 18.8 Å². The van der Waals surface area contributed by atoms with Crippen LogP contribution < -0.4 is 0 Å². The maximum Gasteiger partial charge on any atom is 0.320 e. The van der Waals surface area contributed by atoms with Crippen molar-refractivity contribution in [2.75, 3.05) is 19.6 Å². The van der Waals surface area contributed by atoms with Crippen LogP contribution in [0.15, 0.2) is 29.8 Å². The Bertz CT molecular complexity index is 718. The van der Waals surface area contributed by atoms with Gasteiger partial charge in [0.1, 0.15) is 5.69 Å². The van der Waals surface area contributed by atoms with Crippen LogP contribution in [-0.4, -0.2) is 46.0 Å². The van der Waals surface area contributed by atoms with Gasteiger partial charge in [0, 0.05) is 25.3 Å². The first kappa shape index (κ1) is 16.6. The van der Waals surface area contributed by atoms with Gasteiger partial charge in [0.05, 0.1) is 5.54 Å². The number of hydrogen-bond acceptors (Lipinski definition) is 2. The van der Waals surface area contributed by atoms with Gasteiger partial charge in [0.25, 0.3) is 0 Å². The van der Waals surface area contributed by atoms with E-state index in [0.29, 0.717) is 0 Å². The molecule has 0 N–H and O–H groups in total. The van der Waals surface area contributed by atoms with Crippen molar-refractivity contribution in [3.63, 3.8) is 0 Å². The van der Waals surface area contributed by atoms with E-state index < -0.39 is 0 Å². The molecule has 0 unspecified atom stereocenters. The SMILES string of the molecule is Cc1cccc(C#C/C=C2\CCN(C(=O)N3CCCC3)C2(C)C)n1. The minimum absolute atomic E-state index is 0.175. The molecule has 4 heteroatoms. The van der Waals surface area contributed by atoms with E-state index in [1.54, 1.807) is 0 Å². The first-order chi connectivity index (χ1) is 11.5. The molecule has 2 amide bonds. The normalized spacial score (nSPS) is 21.0. The molecular weight excluding hydrogens is 298 g/mol. The van der Waals surface area contributed by atoms with Gasteiger partial charge in [-0.25, -0.2) is 9.78 Å². The third-order valence-electron chi connectivity index (χ3n) is 5.01. The molecule has 3 heterocycles. The lowest BCUT2D eigenvalue weighted by atomic mass is 9.95. The predicted octanol–water partition coefficient (Wildman–Crippen LogP) is 3.37. The molecule has 1 aromatic heterocycles. The average Bonchev–Trinajstić information content (AvgIpc) is 3.16. The Morgan fingerprint density at radius 3 is 2.71 bits per heavy atom. The molecule has 0 radical (unpaired) electrons. The largest absolute Gasteiger partial charge is 0.325 e. The summed E-state index contributed by atoms with van der Waals surface area (Å²) in [6.07, 6.45) is 5.11. The Morgan fingerprint density at radius 1 is 1.25 bits per heavy atom. The number of carbonyl (C=O) groups excluding carboxylic acids is 1. The summed E-state index contributed by atoms with van der Waals surface area (Å²) >= 11 is 0. The minimum Gasteiger partial charge on any atom is -0.325 e. The highest BCUT2D eigenvalue weighted by molar-refractivity contribution is 5.77. The molecule has 4 nitrogen and oxygen atoms in total. The summed E-state index contributed by atoms with van der Waals surface area (Å²) in [4.78, 5) is 21.1. The number of hydrogen-bond donors (Lipinski definition) is 0. The van der Waals surface area contributed by atoms with E-state index in [2.05, 4.69) is 30.7 Å². The van der Waals surface area contributed by atoms with Crippen molar-refractivity contribution in [1.82, 2.24) is 14.8 Å². The molecule has 3 rings (SSSR count). The van der Waals surface area contributed by atoms with Crippen LogP contribution in [-0.2, 0) is 0 Å². The van der Waals surface area contributed by atoms with E-state index in [1.165, 1.54) is 5.57 Å². The Morgan fingerprint density at radius 2 is 2.00 bits per heavy atom. The third-order valence-corrected chi connectivity index (χ3v) is 5.01. The van der Waals surface area contributed by atoms with Crippen LogP contribution >= 0.6 is 0 Å². The number of pyridine rings is 1. The summed E-state index contributed by atoms with van der Waals surface area (Å²) in [6, 6.07) is 6.02. The van der Waals surface area contributed by atoms with E-state index in [-0.39, 0.29) is 11.6 Å². The van der Waals surface area contributed by atoms with Gasteiger partial charge in [0.2, 0.25) is 0 Å². The highest BCUT2D eigenvalue weighted by Crippen LogP contribution is 2.35. The number of carbonyl (C=O) groups is 1. The van der Waals surface area contributed by atoms with Gasteiger partial charge in [0.15, 0.2) is 0 Å². The number of rotatable bonds is 0. The number of aryl methyl sites for hydroxylation is 1. The zero-order valence-electron chi connectivity index (χ0n) is 14.8. The van der Waals surface area contributed by atoms with Crippen LogP contribution in [0.5, 0.6) is 0 Å². The molecule has 2 aliphatic heterocycles. The fraction of sp³-hybridized carbons (Fsp3) is 0.500. The van der Waals surface area contributed by atoms with Gasteiger partial charge >= 0.3 is 6.03 Å². The number of likely N-dealkylation sites (tertiary alicyclic amines) is 2. The highest BCUT2D eigenvalue weighted by Gasteiger charge is 2.41. The van der Waals surface area contributed by atoms with Crippen molar-refractivity contribution >= 4 is 6.03 Å². The zero-order valence-corrected chi connectivity index (χ0v) is 14.8. The van der Waals surface area contributed by atoms with Gasteiger partial charge in [-0.05, 0) is 69.7 Å². The van der Waals surface area contributed by atoms with E-state index in [1.807, 2.05) is 41.0 Å². The van der Waals surface area contributed by atoms with Gasteiger partial charge in [-0.2, -0.15) is 0 Å². The van der Waals surface area contributed by atoms with Crippen molar-refractivity contribution in [2.45, 2.75) is 45.6 Å². The van der Waals surface area contributed by atoms with Crippen LogP contribution in [0.2, 0.25) is 0 Å². The van der Waals surface area contributed by atoms with E-state index in [9.17, 15) is 4.79 Å². The summed E-state index contributed by atoms with van der Waals surface area (Å²) in [5, 5.41) is 0. The number of amides is 2. The van der Waals surface area contributed by atoms with Crippen LogP contribution in [0.25, 0.3) is 0 Å². The lowest BCUT2D eigenvalue weighted by Gasteiger charge is -2.35. The Kier molecular flexibility index (Phi) is 4.62. The second-order valence-electron chi connectivity index (χ2n) is 7.04. The number of urea groups is 1. The molecular formula is C20H25N3O. The Balaban J connectivity index is 1.74.